The highest BCUT2D eigenvalue weighted by atomic mass is 35.5. The lowest BCUT2D eigenvalue weighted by Gasteiger charge is -2.34. The van der Waals surface area contributed by atoms with Crippen LogP contribution in [-0.4, -0.2) is 130 Å². The number of likely N-dealkylation sites (N-methyl/N-ethyl adjacent to an activating group) is 1. The number of piperazine rings is 1. The number of aromatic nitrogens is 2. The molecule has 310 valence electrons. The maximum absolute atomic E-state index is 13.8. The first-order chi connectivity index (χ1) is 26.5. The van der Waals surface area contributed by atoms with Gasteiger partial charge in [-0.2, -0.15) is 0 Å². The third kappa shape index (κ3) is 11.1. The molecule has 1 aromatic heterocycles. The molecule has 3 heterocycles. The summed E-state index contributed by atoms with van der Waals surface area (Å²) in [6, 6.07) is 16.9. The molecule has 57 heavy (non-hydrogen) atoms. The molecule has 3 amide bonds. The second kappa shape index (κ2) is 20.7. The van der Waals surface area contributed by atoms with E-state index in [1.165, 1.54) is 7.11 Å². The average molecular weight is 826 g/mol. The van der Waals surface area contributed by atoms with E-state index in [1.54, 1.807) is 36.2 Å². The number of nitrogens with one attached hydrogen (secondary N) is 2. The number of piperidine rings is 1. The van der Waals surface area contributed by atoms with E-state index in [-0.39, 0.29) is 42.5 Å². The molecule has 0 bridgehead atoms. The van der Waals surface area contributed by atoms with Gasteiger partial charge in [-0.3, -0.25) is 14.4 Å². The van der Waals surface area contributed by atoms with Crippen LogP contribution in [0.2, 0.25) is 0 Å². The minimum atomic E-state index is -0.326. The molecule has 0 radical (unpaired) electrons. The van der Waals surface area contributed by atoms with Gasteiger partial charge in [-0.1, -0.05) is 12.1 Å². The molecular formula is C42H58Cl2N8O5. The zero-order valence-corrected chi connectivity index (χ0v) is 35.6. The van der Waals surface area contributed by atoms with Crippen molar-refractivity contribution >= 4 is 70.9 Å². The fraction of sp³-hybridized carbons (Fsp3) is 0.476. The van der Waals surface area contributed by atoms with Crippen LogP contribution in [0.25, 0.3) is 11.0 Å². The second-order valence-corrected chi connectivity index (χ2v) is 15.0. The molecule has 0 aliphatic carbocycles. The number of nitrogens with zero attached hydrogens (tertiary/aromatic N) is 6. The number of rotatable bonds is 14. The van der Waals surface area contributed by atoms with E-state index in [1.807, 2.05) is 42.2 Å². The van der Waals surface area contributed by atoms with Crippen molar-refractivity contribution in [2.24, 2.45) is 0 Å². The number of halogens is 2. The Kier molecular flexibility index (Phi) is 16.4. The first-order valence-electron chi connectivity index (χ1n) is 19.4. The number of unbranched alkanes of at least 4 members (excludes halogenated alkanes) is 2. The van der Waals surface area contributed by atoms with E-state index >= 15 is 0 Å². The normalized spacial score (nSPS) is 14.9. The Morgan fingerprint density at radius 3 is 2.33 bits per heavy atom. The van der Waals surface area contributed by atoms with E-state index < -0.39 is 0 Å². The van der Waals surface area contributed by atoms with Gasteiger partial charge in [-0.15, -0.1) is 24.8 Å². The second-order valence-electron chi connectivity index (χ2n) is 15.0. The molecule has 2 aliphatic rings. The quantitative estimate of drug-likeness (QED) is 0.137. The predicted molar refractivity (Wildman–Crippen MR) is 232 cm³/mol. The van der Waals surface area contributed by atoms with Crippen LogP contribution >= 0.6 is 24.8 Å². The summed E-state index contributed by atoms with van der Waals surface area (Å²) in [4.78, 5) is 58.6. The van der Waals surface area contributed by atoms with Gasteiger partial charge < -0.3 is 44.3 Å². The van der Waals surface area contributed by atoms with Crippen LogP contribution in [0.3, 0.4) is 0 Å². The highest BCUT2D eigenvalue weighted by molar-refractivity contribution is 6.13. The Morgan fingerprint density at radius 2 is 1.63 bits per heavy atom. The number of hydrogen-bond donors (Lipinski definition) is 2. The zero-order valence-electron chi connectivity index (χ0n) is 34.0. The Labute approximate surface area is 348 Å². The van der Waals surface area contributed by atoms with Crippen LogP contribution in [-0.2, 0) is 4.79 Å². The monoisotopic (exact) mass is 824 g/mol. The van der Waals surface area contributed by atoms with Crippen molar-refractivity contribution < 1.29 is 23.9 Å². The van der Waals surface area contributed by atoms with E-state index in [0.29, 0.717) is 58.6 Å². The molecule has 2 saturated heterocycles. The van der Waals surface area contributed by atoms with Gasteiger partial charge in [-0.05, 0) is 108 Å². The van der Waals surface area contributed by atoms with Crippen molar-refractivity contribution in [2.75, 3.05) is 96.3 Å². The summed E-state index contributed by atoms with van der Waals surface area (Å²) in [5, 5.41) is 2.98. The maximum Gasteiger partial charge on any atom is 0.258 e. The topological polar surface area (TPSA) is 127 Å². The number of aromatic amines is 1. The number of benzene rings is 3. The van der Waals surface area contributed by atoms with Gasteiger partial charge in [0.25, 0.3) is 11.8 Å². The average Bonchev–Trinajstić information content (AvgIpc) is 3.64. The molecular weight excluding hydrogens is 767 g/mol. The van der Waals surface area contributed by atoms with E-state index in [2.05, 4.69) is 46.1 Å². The van der Waals surface area contributed by atoms with E-state index in [0.717, 1.165) is 88.4 Å². The third-order valence-corrected chi connectivity index (χ3v) is 10.9. The summed E-state index contributed by atoms with van der Waals surface area (Å²) in [5.41, 5.74) is 4.33. The zero-order chi connectivity index (χ0) is 39.1. The number of carbonyl (C=O) groups excluding carboxylic acids is 3. The molecule has 13 nitrogen and oxygen atoms in total. The summed E-state index contributed by atoms with van der Waals surface area (Å²) >= 11 is 0. The highest BCUT2D eigenvalue weighted by Crippen LogP contribution is 2.33. The lowest BCUT2D eigenvalue weighted by Crippen LogP contribution is -2.47. The molecule has 0 atom stereocenters. The van der Waals surface area contributed by atoms with Gasteiger partial charge in [0.2, 0.25) is 11.9 Å². The first-order valence-corrected chi connectivity index (χ1v) is 19.4. The van der Waals surface area contributed by atoms with Crippen molar-refractivity contribution in [1.82, 2.24) is 24.7 Å². The lowest BCUT2D eigenvalue weighted by molar-refractivity contribution is -0.132. The number of ether oxygens (including phenoxy) is 2. The minimum Gasteiger partial charge on any atom is -0.495 e. The largest absolute Gasteiger partial charge is 0.495 e. The van der Waals surface area contributed by atoms with Crippen LogP contribution in [0.5, 0.6) is 11.5 Å². The Morgan fingerprint density at radius 1 is 0.895 bits per heavy atom. The Balaban J connectivity index is 0.00000360. The molecule has 3 aromatic carbocycles. The van der Waals surface area contributed by atoms with Crippen molar-refractivity contribution in [2.45, 2.75) is 51.5 Å². The van der Waals surface area contributed by atoms with Gasteiger partial charge in [0.1, 0.15) is 17.0 Å². The van der Waals surface area contributed by atoms with Crippen LogP contribution in [0.4, 0.5) is 17.3 Å². The fourth-order valence-electron chi connectivity index (χ4n) is 7.33. The molecule has 2 N–H and O–H groups in total. The van der Waals surface area contributed by atoms with Crippen LogP contribution in [0.1, 0.15) is 64.8 Å². The van der Waals surface area contributed by atoms with Crippen molar-refractivity contribution in [3.63, 3.8) is 0 Å². The SMILES string of the molecule is COc1cc(C(=O)N(C)c2ccc(C)cc2OCCCCCC(=O)N2CCN(C)CC2)ccc1NC(=O)c1cccc2[nH]c(N3CCC(N(C)C)CC3)nc12.Cl.Cl. The number of imidazole rings is 1. The van der Waals surface area contributed by atoms with Gasteiger partial charge in [0.05, 0.1) is 36.2 Å². The Hall–Kier alpha value is -4.56. The number of anilines is 3. The van der Waals surface area contributed by atoms with Crippen LogP contribution in [0.15, 0.2) is 54.6 Å². The maximum atomic E-state index is 13.8. The number of aryl methyl sites for hydroxylation is 1. The summed E-state index contributed by atoms with van der Waals surface area (Å²) in [6.07, 6.45) is 5.16. The van der Waals surface area contributed by atoms with Crippen LogP contribution < -0.4 is 24.6 Å². The molecule has 0 spiro atoms. The summed E-state index contributed by atoms with van der Waals surface area (Å²) in [7, 11) is 9.55. The van der Waals surface area contributed by atoms with Crippen LogP contribution in [0, 0.1) is 6.92 Å². The number of methoxy groups -OCH3 is 1. The van der Waals surface area contributed by atoms with Crippen molar-refractivity contribution in [1.29, 1.82) is 0 Å². The standard InChI is InChI=1S/C42H56N8O5.2ClH/c1-29-14-17-35(37(27-29)55-26-9-7-8-13-38(51)49-24-22-47(4)23-25-49)48(5)41(53)30-15-16-33(36(28-30)54-6)43-40(52)32-11-10-12-34-39(32)45-42(44-34)50-20-18-31(19-21-50)46(2)3;;/h10-12,14-17,27-28,31H,7-9,13,18-26H2,1-6H3,(H,43,52)(H,44,45);2*1H. The van der Waals surface area contributed by atoms with E-state index in [9.17, 15) is 14.4 Å². The van der Waals surface area contributed by atoms with Gasteiger partial charge in [0, 0.05) is 64.3 Å². The number of fused-ring (bicyclic) bond motifs is 1. The third-order valence-electron chi connectivity index (χ3n) is 10.9. The molecule has 2 fully saturated rings. The summed E-state index contributed by atoms with van der Waals surface area (Å²) in [5.74, 6) is 1.40. The van der Waals surface area contributed by atoms with Crippen molar-refractivity contribution in [3.8, 4) is 11.5 Å². The first kappa shape index (κ1) is 45.1. The molecule has 2 aliphatic heterocycles. The molecule has 0 unspecified atom stereocenters. The highest BCUT2D eigenvalue weighted by Gasteiger charge is 2.25. The number of para-hydroxylation sites is 1. The number of amides is 3. The van der Waals surface area contributed by atoms with E-state index in [4.69, 9.17) is 14.5 Å². The number of H-pyrrole nitrogens is 1. The lowest BCUT2D eigenvalue weighted by atomic mass is 10.0. The minimum absolute atomic E-state index is 0. The number of hydrogen-bond acceptors (Lipinski definition) is 9. The van der Waals surface area contributed by atoms with Crippen molar-refractivity contribution in [3.05, 3.63) is 71.3 Å². The molecule has 6 rings (SSSR count). The van der Waals surface area contributed by atoms with Gasteiger partial charge in [0.15, 0.2) is 0 Å². The summed E-state index contributed by atoms with van der Waals surface area (Å²) < 4.78 is 11.9. The smallest absolute Gasteiger partial charge is 0.258 e. The fourth-order valence-corrected chi connectivity index (χ4v) is 7.33. The molecule has 15 heteroatoms. The van der Waals surface area contributed by atoms with Gasteiger partial charge in [-0.25, -0.2) is 4.98 Å². The van der Waals surface area contributed by atoms with Gasteiger partial charge >= 0.3 is 0 Å². The summed E-state index contributed by atoms with van der Waals surface area (Å²) in [6.45, 7) is 7.70. The molecule has 4 aromatic rings. The molecule has 0 saturated carbocycles. The number of carbonyl (C=O) groups is 3. The Bertz CT molecular complexity index is 1970. The predicted octanol–water partition coefficient (Wildman–Crippen LogP) is 6.50.